The number of hydrogen-bond acceptors (Lipinski definition) is 4. The van der Waals surface area contributed by atoms with Crippen LogP contribution < -0.4 is 5.32 Å². The fourth-order valence-electron chi connectivity index (χ4n) is 2.76. The van der Waals surface area contributed by atoms with Gasteiger partial charge in [0.15, 0.2) is 0 Å². The molecule has 1 aromatic carbocycles. The summed E-state index contributed by atoms with van der Waals surface area (Å²) in [4.78, 5) is 22.1. The Bertz CT molecular complexity index is 558. The first-order valence-corrected chi connectivity index (χ1v) is 6.59. The van der Waals surface area contributed by atoms with Crippen molar-refractivity contribution in [3.05, 3.63) is 33.9 Å². The number of carbonyl (C=O) groups is 1. The molecule has 1 aliphatic rings. The van der Waals surface area contributed by atoms with Gasteiger partial charge in [-0.15, -0.1) is 0 Å². The van der Waals surface area contributed by atoms with Gasteiger partial charge < -0.3 is 10.4 Å². The zero-order valence-electron chi connectivity index (χ0n) is 11.5. The maximum atomic E-state index is 11.4. The second-order valence-corrected chi connectivity index (χ2v) is 5.59. The third-order valence-electron chi connectivity index (χ3n) is 4.13. The zero-order valence-corrected chi connectivity index (χ0v) is 11.5. The molecule has 0 aromatic heterocycles. The smallest absolute Gasteiger partial charge is 0.311 e. The van der Waals surface area contributed by atoms with Crippen LogP contribution in [0.25, 0.3) is 0 Å². The van der Waals surface area contributed by atoms with Crippen molar-refractivity contribution in [1.29, 1.82) is 0 Å². The van der Waals surface area contributed by atoms with E-state index in [9.17, 15) is 20.0 Å². The normalized spacial score (nSPS) is 25.4. The summed E-state index contributed by atoms with van der Waals surface area (Å²) in [7, 11) is 0. The molecule has 2 N–H and O–H groups in total. The molecule has 0 saturated heterocycles. The molecule has 1 aromatic rings. The number of aryl methyl sites for hydroxylation is 1. The maximum Gasteiger partial charge on any atom is 0.311 e. The van der Waals surface area contributed by atoms with Crippen LogP contribution in [0.5, 0.6) is 0 Å². The molecule has 0 radical (unpaired) electrons. The molecule has 20 heavy (non-hydrogen) atoms. The van der Waals surface area contributed by atoms with Crippen LogP contribution in [0.3, 0.4) is 0 Å². The number of aliphatic carboxylic acids is 1. The van der Waals surface area contributed by atoms with Crippen molar-refractivity contribution < 1.29 is 14.8 Å². The number of carboxylic acid groups (broad SMARTS) is 1. The highest BCUT2D eigenvalue weighted by atomic mass is 16.6. The second kappa shape index (κ2) is 5.11. The summed E-state index contributed by atoms with van der Waals surface area (Å²) in [6, 6.07) is 4.63. The molecular weight excluding hydrogens is 260 g/mol. The first-order valence-electron chi connectivity index (χ1n) is 6.59. The Kier molecular flexibility index (Phi) is 3.65. The Balaban J connectivity index is 2.31. The van der Waals surface area contributed by atoms with Gasteiger partial charge in [-0.3, -0.25) is 14.9 Å². The maximum absolute atomic E-state index is 11.4. The highest BCUT2D eigenvalue weighted by Crippen LogP contribution is 2.41. The number of nitro benzene ring substituents is 1. The molecule has 1 fully saturated rings. The first-order chi connectivity index (χ1) is 9.34. The Morgan fingerprint density at radius 1 is 1.55 bits per heavy atom. The van der Waals surface area contributed by atoms with Crippen LogP contribution in [0.2, 0.25) is 0 Å². The predicted molar refractivity (Wildman–Crippen MR) is 74.8 cm³/mol. The second-order valence-electron chi connectivity index (χ2n) is 5.59. The first kappa shape index (κ1) is 14.3. The molecule has 1 saturated carbocycles. The van der Waals surface area contributed by atoms with E-state index in [1.807, 2.05) is 0 Å². The number of anilines is 1. The summed E-state index contributed by atoms with van der Waals surface area (Å²) in [6.45, 7) is 3.48. The van der Waals surface area contributed by atoms with Gasteiger partial charge in [0.2, 0.25) is 0 Å². The van der Waals surface area contributed by atoms with Crippen molar-refractivity contribution in [1.82, 2.24) is 0 Å². The molecule has 0 amide bonds. The van der Waals surface area contributed by atoms with E-state index < -0.39 is 16.3 Å². The minimum Gasteiger partial charge on any atom is -0.481 e. The molecule has 2 atom stereocenters. The van der Waals surface area contributed by atoms with Gasteiger partial charge in [0.1, 0.15) is 5.69 Å². The lowest BCUT2D eigenvalue weighted by atomic mass is 9.84. The van der Waals surface area contributed by atoms with Gasteiger partial charge >= 0.3 is 5.97 Å². The van der Waals surface area contributed by atoms with Crippen LogP contribution in [0.1, 0.15) is 31.7 Å². The SMILES string of the molecule is Cc1ccc(NC2CCCC2(C)C(=O)O)c([N+](=O)[O-])c1. The fraction of sp³-hybridized carbons (Fsp3) is 0.500. The van der Waals surface area contributed by atoms with E-state index in [1.54, 1.807) is 26.0 Å². The summed E-state index contributed by atoms with van der Waals surface area (Å²) < 4.78 is 0. The van der Waals surface area contributed by atoms with Crippen LogP contribution in [0, 0.1) is 22.5 Å². The summed E-state index contributed by atoms with van der Waals surface area (Å²) in [5.41, 5.74) is 0.304. The van der Waals surface area contributed by atoms with Gasteiger partial charge in [0.25, 0.3) is 5.69 Å². The Labute approximate surface area is 117 Å². The molecule has 0 bridgehead atoms. The van der Waals surface area contributed by atoms with Crippen molar-refractivity contribution in [2.75, 3.05) is 5.32 Å². The van der Waals surface area contributed by atoms with Crippen LogP contribution in [-0.4, -0.2) is 22.0 Å². The third-order valence-corrected chi connectivity index (χ3v) is 4.13. The van der Waals surface area contributed by atoms with Gasteiger partial charge in [0.05, 0.1) is 10.3 Å². The third kappa shape index (κ3) is 2.45. The van der Waals surface area contributed by atoms with Crippen LogP contribution >= 0.6 is 0 Å². The topological polar surface area (TPSA) is 92.5 Å². The average molecular weight is 278 g/mol. The highest BCUT2D eigenvalue weighted by Gasteiger charge is 2.45. The Morgan fingerprint density at radius 2 is 2.25 bits per heavy atom. The summed E-state index contributed by atoms with van der Waals surface area (Å²) in [5.74, 6) is -0.859. The minimum atomic E-state index is -0.876. The lowest BCUT2D eigenvalue weighted by molar-refractivity contribution is -0.384. The van der Waals surface area contributed by atoms with Crippen LogP contribution in [0.15, 0.2) is 18.2 Å². The van der Waals surface area contributed by atoms with Crippen LogP contribution in [0.4, 0.5) is 11.4 Å². The quantitative estimate of drug-likeness (QED) is 0.652. The van der Waals surface area contributed by atoms with E-state index in [0.29, 0.717) is 18.5 Å². The van der Waals surface area contributed by atoms with Crippen molar-refractivity contribution in [2.45, 2.75) is 39.2 Å². The summed E-state index contributed by atoms with van der Waals surface area (Å²) >= 11 is 0. The number of nitro groups is 1. The van der Waals surface area contributed by atoms with Crippen molar-refractivity contribution in [3.8, 4) is 0 Å². The molecule has 0 aliphatic heterocycles. The van der Waals surface area contributed by atoms with Crippen molar-refractivity contribution >= 4 is 17.3 Å². The van der Waals surface area contributed by atoms with E-state index in [-0.39, 0.29) is 11.7 Å². The lowest BCUT2D eigenvalue weighted by Crippen LogP contribution is -2.40. The molecule has 1 aliphatic carbocycles. The largest absolute Gasteiger partial charge is 0.481 e. The number of carboxylic acids is 1. The van der Waals surface area contributed by atoms with E-state index in [4.69, 9.17) is 0 Å². The van der Waals surface area contributed by atoms with Crippen molar-refractivity contribution in [3.63, 3.8) is 0 Å². The Morgan fingerprint density at radius 3 is 2.85 bits per heavy atom. The average Bonchev–Trinajstić information content (AvgIpc) is 2.74. The molecule has 2 rings (SSSR count). The summed E-state index contributed by atoms with van der Waals surface area (Å²) in [6.07, 6.45) is 2.09. The monoisotopic (exact) mass is 278 g/mol. The molecular formula is C14H18N2O4. The fourth-order valence-corrected chi connectivity index (χ4v) is 2.76. The van der Waals surface area contributed by atoms with Crippen molar-refractivity contribution in [2.24, 2.45) is 5.41 Å². The standard InChI is InChI=1S/C14H18N2O4/c1-9-5-6-10(11(8-9)16(19)20)15-12-4-3-7-14(12,2)13(17)18/h5-6,8,12,15H,3-4,7H2,1-2H3,(H,17,18). The van der Waals surface area contributed by atoms with Gasteiger partial charge in [-0.2, -0.15) is 0 Å². The number of nitrogens with zero attached hydrogens (tertiary/aromatic N) is 1. The van der Waals surface area contributed by atoms with E-state index in [2.05, 4.69) is 5.32 Å². The number of rotatable bonds is 4. The van der Waals surface area contributed by atoms with Gasteiger partial charge in [-0.1, -0.05) is 12.5 Å². The summed E-state index contributed by atoms with van der Waals surface area (Å²) in [5, 5.41) is 23.5. The number of nitrogens with one attached hydrogen (secondary N) is 1. The number of hydrogen-bond donors (Lipinski definition) is 2. The van der Waals surface area contributed by atoms with Gasteiger partial charge in [-0.05, 0) is 38.3 Å². The molecule has 6 heteroatoms. The van der Waals surface area contributed by atoms with Crippen LogP contribution in [-0.2, 0) is 4.79 Å². The van der Waals surface area contributed by atoms with Gasteiger partial charge in [-0.25, -0.2) is 0 Å². The molecule has 0 spiro atoms. The lowest BCUT2D eigenvalue weighted by Gasteiger charge is -2.28. The van der Waals surface area contributed by atoms with E-state index in [1.165, 1.54) is 6.07 Å². The number of benzene rings is 1. The molecule has 0 heterocycles. The molecule has 108 valence electrons. The van der Waals surface area contributed by atoms with Gasteiger partial charge in [0, 0.05) is 12.1 Å². The predicted octanol–water partition coefficient (Wildman–Crippen LogP) is 2.96. The Hall–Kier alpha value is -2.11. The molecule has 2 unspecified atom stereocenters. The minimum absolute atomic E-state index is 0.00959. The molecule has 6 nitrogen and oxygen atoms in total. The van der Waals surface area contributed by atoms with E-state index >= 15 is 0 Å². The highest BCUT2D eigenvalue weighted by molar-refractivity contribution is 5.77. The zero-order chi connectivity index (χ0) is 14.9. The van der Waals surface area contributed by atoms with E-state index in [0.717, 1.165) is 12.0 Å².